The van der Waals surface area contributed by atoms with Gasteiger partial charge in [-0.15, -0.1) is 0 Å². The molecule has 0 N–H and O–H groups in total. The Hall–Kier alpha value is -2.55. The van der Waals surface area contributed by atoms with Crippen molar-refractivity contribution < 1.29 is 0 Å². The molecular weight excluding hydrogens is 258 g/mol. The van der Waals surface area contributed by atoms with Gasteiger partial charge in [-0.2, -0.15) is 5.10 Å². The number of aromatic nitrogens is 2. The Morgan fingerprint density at radius 1 is 0.952 bits per heavy atom. The summed E-state index contributed by atoms with van der Waals surface area (Å²) in [7, 11) is 1.97. The van der Waals surface area contributed by atoms with Gasteiger partial charge in [0.1, 0.15) is 5.82 Å². The van der Waals surface area contributed by atoms with Gasteiger partial charge in [0, 0.05) is 25.3 Å². The van der Waals surface area contributed by atoms with Crippen LogP contribution < -0.4 is 4.90 Å². The Bertz CT molecular complexity index is 699. The van der Waals surface area contributed by atoms with E-state index in [0.717, 1.165) is 12.4 Å². The van der Waals surface area contributed by atoms with Gasteiger partial charge in [0.25, 0.3) is 0 Å². The minimum atomic E-state index is 0.823. The molecule has 0 atom stereocenters. The molecule has 3 heteroatoms. The third kappa shape index (κ3) is 2.97. The summed E-state index contributed by atoms with van der Waals surface area (Å²) < 4.78 is 1.91. The molecule has 1 heterocycles. The van der Waals surface area contributed by atoms with Crippen LogP contribution in [0.25, 0.3) is 0 Å². The van der Waals surface area contributed by atoms with Crippen molar-refractivity contribution in [3.8, 4) is 0 Å². The van der Waals surface area contributed by atoms with E-state index < -0.39 is 0 Å². The lowest BCUT2D eigenvalue weighted by Crippen LogP contribution is -2.19. The van der Waals surface area contributed by atoms with E-state index in [9.17, 15) is 0 Å². The lowest BCUT2D eigenvalue weighted by Gasteiger charge is -2.25. The van der Waals surface area contributed by atoms with Crippen molar-refractivity contribution in [1.82, 2.24) is 9.78 Å². The number of hydrogen-bond acceptors (Lipinski definition) is 2. The normalized spacial score (nSPS) is 10.6. The average Bonchev–Trinajstić information content (AvgIpc) is 2.93. The molecule has 0 spiro atoms. The van der Waals surface area contributed by atoms with Crippen LogP contribution in [0.1, 0.15) is 11.1 Å². The molecule has 0 radical (unpaired) electrons. The molecule has 0 saturated heterocycles. The van der Waals surface area contributed by atoms with Gasteiger partial charge in [-0.3, -0.25) is 4.68 Å². The van der Waals surface area contributed by atoms with Crippen molar-refractivity contribution in [2.75, 3.05) is 4.90 Å². The third-order valence-electron chi connectivity index (χ3n) is 3.60. The van der Waals surface area contributed by atoms with E-state index in [1.807, 2.05) is 30.1 Å². The molecule has 0 saturated carbocycles. The van der Waals surface area contributed by atoms with E-state index in [2.05, 4.69) is 65.5 Å². The largest absolute Gasteiger partial charge is 0.322 e. The molecule has 0 amide bonds. The zero-order valence-electron chi connectivity index (χ0n) is 12.4. The predicted octanol–water partition coefficient (Wildman–Crippen LogP) is 4.07. The van der Waals surface area contributed by atoms with Crippen LogP contribution in [0.3, 0.4) is 0 Å². The van der Waals surface area contributed by atoms with Crippen LogP contribution in [0.2, 0.25) is 0 Å². The van der Waals surface area contributed by atoms with Gasteiger partial charge in [0.15, 0.2) is 0 Å². The van der Waals surface area contributed by atoms with Crippen molar-refractivity contribution in [1.29, 1.82) is 0 Å². The summed E-state index contributed by atoms with van der Waals surface area (Å²) in [5.74, 6) is 1.09. The van der Waals surface area contributed by atoms with Crippen LogP contribution >= 0.6 is 0 Å². The van der Waals surface area contributed by atoms with E-state index in [-0.39, 0.29) is 0 Å². The van der Waals surface area contributed by atoms with Crippen LogP contribution in [-0.2, 0) is 13.6 Å². The SMILES string of the molecule is Cc1ccc(N(Cc2ccccc2)c2ccnn2C)cc1. The maximum atomic E-state index is 4.30. The molecule has 0 fully saturated rings. The summed E-state index contributed by atoms with van der Waals surface area (Å²) in [6.07, 6.45) is 1.83. The minimum Gasteiger partial charge on any atom is -0.322 e. The van der Waals surface area contributed by atoms with Crippen molar-refractivity contribution in [2.45, 2.75) is 13.5 Å². The monoisotopic (exact) mass is 277 g/mol. The second-order valence-electron chi connectivity index (χ2n) is 5.22. The van der Waals surface area contributed by atoms with Crippen LogP contribution in [0.15, 0.2) is 66.9 Å². The first-order chi connectivity index (χ1) is 10.2. The molecule has 0 aliphatic carbocycles. The standard InChI is InChI=1S/C18H19N3/c1-15-8-10-17(11-9-15)21(18-12-13-19-20(18)2)14-16-6-4-3-5-7-16/h3-13H,14H2,1-2H3. The minimum absolute atomic E-state index is 0.823. The molecule has 106 valence electrons. The third-order valence-corrected chi connectivity index (χ3v) is 3.60. The first kappa shape index (κ1) is 13.4. The van der Waals surface area contributed by atoms with E-state index in [1.165, 1.54) is 16.8 Å². The van der Waals surface area contributed by atoms with E-state index in [1.54, 1.807) is 0 Å². The Labute approximate surface area is 125 Å². The molecule has 0 unspecified atom stereocenters. The van der Waals surface area contributed by atoms with Crippen molar-refractivity contribution in [3.63, 3.8) is 0 Å². The van der Waals surface area contributed by atoms with Gasteiger partial charge in [-0.05, 0) is 24.6 Å². The molecule has 0 aliphatic heterocycles. The molecule has 3 aromatic rings. The topological polar surface area (TPSA) is 21.1 Å². The van der Waals surface area contributed by atoms with Crippen molar-refractivity contribution in [2.24, 2.45) is 7.05 Å². The first-order valence-electron chi connectivity index (χ1n) is 7.10. The molecule has 3 nitrogen and oxygen atoms in total. The van der Waals surface area contributed by atoms with Gasteiger partial charge in [0.05, 0.1) is 6.20 Å². The molecule has 3 rings (SSSR count). The number of benzene rings is 2. The summed E-state index contributed by atoms with van der Waals surface area (Å²) in [5.41, 5.74) is 3.72. The predicted molar refractivity (Wildman–Crippen MR) is 86.7 cm³/mol. The summed E-state index contributed by atoms with van der Waals surface area (Å²) >= 11 is 0. The molecule has 0 aliphatic rings. The fourth-order valence-corrected chi connectivity index (χ4v) is 2.43. The number of nitrogens with zero attached hydrogens (tertiary/aromatic N) is 3. The number of anilines is 2. The highest BCUT2D eigenvalue weighted by Gasteiger charge is 2.13. The molecule has 0 bridgehead atoms. The zero-order chi connectivity index (χ0) is 14.7. The Kier molecular flexibility index (Phi) is 3.73. The highest BCUT2D eigenvalue weighted by atomic mass is 15.4. The van der Waals surface area contributed by atoms with Gasteiger partial charge in [0.2, 0.25) is 0 Å². The Balaban J connectivity index is 1.99. The maximum Gasteiger partial charge on any atom is 0.131 e. The number of aryl methyl sites for hydroxylation is 2. The molecular formula is C18H19N3. The van der Waals surface area contributed by atoms with Gasteiger partial charge >= 0.3 is 0 Å². The zero-order valence-corrected chi connectivity index (χ0v) is 12.4. The van der Waals surface area contributed by atoms with E-state index >= 15 is 0 Å². The highest BCUT2D eigenvalue weighted by Crippen LogP contribution is 2.27. The number of rotatable bonds is 4. The maximum absolute atomic E-state index is 4.30. The van der Waals surface area contributed by atoms with Gasteiger partial charge < -0.3 is 4.90 Å². The lowest BCUT2D eigenvalue weighted by molar-refractivity contribution is 0.745. The summed E-state index contributed by atoms with van der Waals surface area (Å²) in [6.45, 7) is 2.93. The fourth-order valence-electron chi connectivity index (χ4n) is 2.43. The van der Waals surface area contributed by atoms with E-state index in [0.29, 0.717) is 0 Å². The van der Waals surface area contributed by atoms with Crippen molar-refractivity contribution in [3.05, 3.63) is 78.0 Å². The summed E-state index contributed by atoms with van der Waals surface area (Å²) in [6, 6.07) is 21.1. The van der Waals surface area contributed by atoms with Crippen molar-refractivity contribution >= 4 is 11.5 Å². The Morgan fingerprint density at radius 3 is 2.29 bits per heavy atom. The highest BCUT2D eigenvalue weighted by molar-refractivity contribution is 5.60. The smallest absolute Gasteiger partial charge is 0.131 e. The van der Waals surface area contributed by atoms with E-state index in [4.69, 9.17) is 0 Å². The van der Waals surface area contributed by atoms with Gasteiger partial charge in [-0.25, -0.2) is 0 Å². The summed E-state index contributed by atoms with van der Waals surface area (Å²) in [5, 5.41) is 4.30. The average molecular weight is 277 g/mol. The fraction of sp³-hybridized carbons (Fsp3) is 0.167. The molecule has 21 heavy (non-hydrogen) atoms. The van der Waals surface area contributed by atoms with Crippen LogP contribution in [0.4, 0.5) is 11.5 Å². The molecule has 2 aromatic carbocycles. The second-order valence-corrected chi connectivity index (χ2v) is 5.22. The van der Waals surface area contributed by atoms with Crippen LogP contribution in [-0.4, -0.2) is 9.78 Å². The van der Waals surface area contributed by atoms with Crippen LogP contribution in [0, 0.1) is 6.92 Å². The first-order valence-corrected chi connectivity index (χ1v) is 7.10. The Morgan fingerprint density at radius 2 is 1.67 bits per heavy atom. The lowest BCUT2D eigenvalue weighted by atomic mass is 10.1. The number of hydrogen-bond donors (Lipinski definition) is 0. The van der Waals surface area contributed by atoms with Gasteiger partial charge in [-0.1, -0.05) is 48.0 Å². The summed E-state index contributed by atoms with van der Waals surface area (Å²) in [4.78, 5) is 2.28. The second kappa shape index (κ2) is 5.83. The quantitative estimate of drug-likeness (QED) is 0.717. The van der Waals surface area contributed by atoms with Crippen LogP contribution in [0.5, 0.6) is 0 Å². The molecule has 1 aromatic heterocycles.